The van der Waals surface area contributed by atoms with Crippen LogP contribution in [0.5, 0.6) is 0 Å². The highest BCUT2D eigenvalue weighted by Crippen LogP contribution is 2.31. The predicted octanol–water partition coefficient (Wildman–Crippen LogP) is 0.110. The van der Waals surface area contributed by atoms with E-state index in [9.17, 15) is 4.79 Å². The number of hydrogen-bond donors (Lipinski definition) is 2. The number of piperazine rings is 1. The molecule has 2 fully saturated rings. The molecule has 15 heavy (non-hydrogen) atoms. The van der Waals surface area contributed by atoms with Crippen molar-refractivity contribution in [1.82, 2.24) is 10.2 Å². The monoisotopic (exact) mass is 212 g/mol. The van der Waals surface area contributed by atoms with E-state index in [-0.39, 0.29) is 24.1 Å². The molecule has 2 aliphatic rings. The highest BCUT2D eigenvalue weighted by atomic mass is 16.3. The molecule has 1 saturated heterocycles. The number of nitrogens with zero attached hydrogens (tertiary/aromatic N) is 1. The van der Waals surface area contributed by atoms with Crippen LogP contribution in [0, 0.1) is 0 Å². The third-order valence-corrected chi connectivity index (χ3v) is 3.12. The molecule has 1 aliphatic heterocycles. The average molecular weight is 212 g/mol. The van der Waals surface area contributed by atoms with Crippen LogP contribution in [0.3, 0.4) is 0 Å². The Bertz CT molecular complexity index is 261. The Morgan fingerprint density at radius 2 is 2.20 bits per heavy atom. The molecular weight excluding hydrogens is 192 g/mol. The Morgan fingerprint density at radius 1 is 1.53 bits per heavy atom. The molecule has 1 heterocycles. The molecule has 1 saturated carbocycles. The van der Waals surface area contributed by atoms with E-state index in [1.165, 1.54) is 0 Å². The fraction of sp³-hybridized carbons (Fsp3) is 0.909. The Morgan fingerprint density at radius 3 is 2.73 bits per heavy atom. The van der Waals surface area contributed by atoms with Crippen molar-refractivity contribution < 1.29 is 9.90 Å². The molecule has 1 atom stereocenters. The minimum absolute atomic E-state index is 0.0314. The van der Waals surface area contributed by atoms with Crippen molar-refractivity contribution in [3.8, 4) is 0 Å². The van der Waals surface area contributed by atoms with Crippen molar-refractivity contribution in [2.24, 2.45) is 0 Å². The van der Waals surface area contributed by atoms with Crippen LogP contribution in [0.15, 0.2) is 0 Å². The summed E-state index contributed by atoms with van der Waals surface area (Å²) in [5.74, 6) is 0.172. The van der Waals surface area contributed by atoms with Gasteiger partial charge < -0.3 is 10.0 Å². The van der Waals surface area contributed by atoms with Crippen molar-refractivity contribution in [3.63, 3.8) is 0 Å². The van der Waals surface area contributed by atoms with E-state index in [0.717, 1.165) is 19.4 Å². The van der Waals surface area contributed by atoms with Gasteiger partial charge in [-0.05, 0) is 33.1 Å². The molecule has 1 aliphatic carbocycles. The molecule has 1 amide bonds. The Balaban J connectivity index is 2.08. The van der Waals surface area contributed by atoms with E-state index in [4.69, 9.17) is 5.11 Å². The lowest BCUT2D eigenvalue weighted by Crippen LogP contribution is -2.65. The average Bonchev–Trinajstić information content (AvgIpc) is 2.94. The van der Waals surface area contributed by atoms with Gasteiger partial charge in [0.2, 0.25) is 5.91 Å². The minimum atomic E-state index is -0.195. The zero-order valence-corrected chi connectivity index (χ0v) is 9.49. The molecular formula is C11H20N2O2. The molecule has 4 heteroatoms. The van der Waals surface area contributed by atoms with Gasteiger partial charge in [0.25, 0.3) is 0 Å². The van der Waals surface area contributed by atoms with Crippen LogP contribution < -0.4 is 5.32 Å². The summed E-state index contributed by atoms with van der Waals surface area (Å²) in [6.45, 7) is 5.08. The van der Waals surface area contributed by atoms with E-state index in [1.807, 2.05) is 4.90 Å². The van der Waals surface area contributed by atoms with E-state index in [2.05, 4.69) is 19.2 Å². The summed E-state index contributed by atoms with van der Waals surface area (Å²) < 4.78 is 0. The van der Waals surface area contributed by atoms with Gasteiger partial charge in [0.1, 0.15) is 0 Å². The second-order valence-corrected chi connectivity index (χ2v) is 5.29. The number of rotatable bonds is 3. The molecule has 0 radical (unpaired) electrons. The number of carbonyl (C=O) groups excluding carboxylic acids is 1. The molecule has 86 valence electrons. The first-order valence-electron chi connectivity index (χ1n) is 5.72. The summed E-state index contributed by atoms with van der Waals surface area (Å²) in [7, 11) is 0. The highest BCUT2D eigenvalue weighted by molar-refractivity contribution is 5.83. The predicted molar refractivity (Wildman–Crippen MR) is 57.4 cm³/mol. The summed E-state index contributed by atoms with van der Waals surface area (Å²) >= 11 is 0. The largest absolute Gasteiger partial charge is 0.396 e. The molecule has 2 N–H and O–H groups in total. The molecule has 0 bridgehead atoms. The Labute approximate surface area is 90.6 Å². The van der Waals surface area contributed by atoms with Gasteiger partial charge in [-0.25, -0.2) is 0 Å². The molecule has 1 unspecified atom stereocenters. The number of nitrogens with one attached hydrogen (secondary N) is 1. The van der Waals surface area contributed by atoms with Crippen LogP contribution in [0.1, 0.15) is 33.1 Å². The van der Waals surface area contributed by atoms with Crippen molar-refractivity contribution in [2.75, 3.05) is 13.2 Å². The van der Waals surface area contributed by atoms with Crippen LogP contribution >= 0.6 is 0 Å². The zero-order valence-electron chi connectivity index (χ0n) is 9.49. The van der Waals surface area contributed by atoms with Crippen molar-refractivity contribution in [1.29, 1.82) is 0 Å². The number of aliphatic hydroxyl groups is 1. The van der Waals surface area contributed by atoms with Gasteiger partial charge in [-0.3, -0.25) is 10.1 Å². The third kappa shape index (κ3) is 2.32. The molecule has 4 nitrogen and oxygen atoms in total. The number of carbonyl (C=O) groups is 1. The lowest BCUT2D eigenvalue weighted by Gasteiger charge is -2.43. The first-order valence-corrected chi connectivity index (χ1v) is 5.72. The molecule has 0 aromatic rings. The summed E-state index contributed by atoms with van der Waals surface area (Å²) in [4.78, 5) is 14.0. The number of aliphatic hydroxyl groups excluding tert-OH is 1. The zero-order chi connectivity index (χ0) is 11.1. The topological polar surface area (TPSA) is 52.6 Å². The fourth-order valence-corrected chi connectivity index (χ4v) is 2.30. The molecule has 0 spiro atoms. The Kier molecular flexibility index (Phi) is 2.73. The van der Waals surface area contributed by atoms with Crippen LogP contribution in [0.4, 0.5) is 0 Å². The van der Waals surface area contributed by atoms with Gasteiger partial charge in [0, 0.05) is 24.7 Å². The van der Waals surface area contributed by atoms with Gasteiger partial charge in [-0.2, -0.15) is 0 Å². The van der Waals surface area contributed by atoms with Gasteiger partial charge in [-0.1, -0.05) is 0 Å². The van der Waals surface area contributed by atoms with Crippen LogP contribution in [-0.4, -0.2) is 46.7 Å². The van der Waals surface area contributed by atoms with E-state index >= 15 is 0 Å². The SMILES string of the molecule is CC1(C)CN(C2CC2)C(=O)C(CCO)N1. The quantitative estimate of drug-likeness (QED) is 0.698. The molecule has 0 aromatic carbocycles. The summed E-state index contributed by atoms with van der Waals surface area (Å²) in [6, 6.07) is 0.277. The maximum absolute atomic E-state index is 12.0. The van der Waals surface area contributed by atoms with Crippen LogP contribution in [-0.2, 0) is 4.79 Å². The first-order chi connectivity index (χ1) is 7.03. The molecule has 0 aromatic heterocycles. The highest BCUT2D eigenvalue weighted by Gasteiger charge is 2.43. The second-order valence-electron chi connectivity index (χ2n) is 5.29. The normalized spacial score (nSPS) is 30.7. The first kappa shape index (κ1) is 10.9. The van der Waals surface area contributed by atoms with Gasteiger partial charge >= 0.3 is 0 Å². The number of hydrogen-bond acceptors (Lipinski definition) is 3. The minimum Gasteiger partial charge on any atom is -0.396 e. The summed E-state index contributed by atoms with van der Waals surface area (Å²) in [6.07, 6.45) is 2.81. The lowest BCUT2D eigenvalue weighted by atomic mass is 9.96. The van der Waals surface area contributed by atoms with Crippen molar-refractivity contribution in [3.05, 3.63) is 0 Å². The van der Waals surface area contributed by atoms with E-state index in [0.29, 0.717) is 12.5 Å². The van der Waals surface area contributed by atoms with Gasteiger partial charge in [0.15, 0.2) is 0 Å². The van der Waals surface area contributed by atoms with E-state index < -0.39 is 0 Å². The smallest absolute Gasteiger partial charge is 0.240 e. The van der Waals surface area contributed by atoms with Crippen molar-refractivity contribution in [2.45, 2.75) is 50.7 Å². The van der Waals surface area contributed by atoms with E-state index in [1.54, 1.807) is 0 Å². The van der Waals surface area contributed by atoms with Gasteiger partial charge in [0.05, 0.1) is 6.04 Å². The third-order valence-electron chi connectivity index (χ3n) is 3.12. The lowest BCUT2D eigenvalue weighted by molar-refractivity contribution is -0.139. The maximum Gasteiger partial charge on any atom is 0.240 e. The Hall–Kier alpha value is -0.610. The standard InChI is InChI=1S/C11H20N2O2/c1-11(2)7-13(8-3-4-8)10(15)9(12-11)5-6-14/h8-9,12,14H,3-7H2,1-2H3. The summed E-state index contributed by atoms with van der Waals surface area (Å²) in [5, 5.41) is 12.2. The number of amides is 1. The fourth-order valence-electron chi connectivity index (χ4n) is 2.30. The van der Waals surface area contributed by atoms with Crippen LogP contribution in [0.2, 0.25) is 0 Å². The second kappa shape index (κ2) is 3.76. The van der Waals surface area contributed by atoms with Gasteiger partial charge in [-0.15, -0.1) is 0 Å². The maximum atomic E-state index is 12.0. The molecule has 2 rings (SSSR count). The summed E-state index contributed by atoms with van der Waals surface area (Å²) in [5.41, 5.74) is -0.0314. The van der Waals surface area contributed by atoms with Crippen LogP contribution in [0.25, 0.3) is 0 Å². The van der Waals surface area contributed by atoms with Crippen molar-refractivity contribution >= 4 is 5.91 Å².